The van der Waals surface area contributed by atoms with Crippen LogP contribution in [0.3, 0.4) is 0 Å². The summed E-state index contributed by atoms with van der Waals surface area (Å²) in [5.74, 6) is -0.355. The summed E-state index contributed by atoms with van der Waals surface area (Å²) in [6.45, 7) is 3.80. The minimum absolute atomic E-state index is 0.0485. The molecule has 0 bridgehead atoms. The number of carbonyl (C=O) groups excluding carboxylic acids is 2. The molecule has 96 valence electrons. The van der Waals surface area contributed by atoms with E-state index in [1.165, 1.54) is 12.1 Å². The molecule has 4 heteroatoms. The molecule has 0 N–H and O–H groups in total. The van der Waals surface area contributed by atoms with Gasteiger partial charge in [0, 0.05) is 12.0 Å². The van der Waals surface area contributed by atoms with E-state index >= 15 is 0 Å². The van der Waals surface area contributed by atoms with E-state index in [9.17, 15) is 9.59 Å². The molecule has 1 aromatic carbocycles. The zero-order valence-corrected chi connectivity index (χ0v) is 10.9. The first-order valence-corrected chi connectivity index (χ1v) is 5.97. The number of ketones is 2. The Bertz CT molecular complexity index is 589. The monoisotopic (exact) mass is 254 g/mol. The summed E-state index contributed by atoms with van der Waals surface area (Å²) >= 11 is 0. The predicted octanol–water partition coefficient (Wildman–Crippen LogP) is 2.62. The molecular formula is C15H14N2O2. The summed E-state index contributed by atoms with van der Waals surface area (Å²) in [5, 5.41) is 17.9. The van der Waals surface area contributed by atoms with Gasteiger partial charge in [-0.15, -0.1) is 0 Å². The van der Waals surface area contributed by atoms with Crippen molar-refractivity contribution in [1.29, 1.82) is 10.5 Å². The highest BCUT2D eigenvalue weighted by atomic mass is 16.1. The van der Waals surface area contributed by atoms with Gasteiger partial charge in [-0.2, -0.15) is 10.5 Å². The van der Waals surface area contributed by atoms with E-state index in [4.69, 9.17) is 10.5 Å². The van der Waals surface area contributed by atoms with Crippen molar-refractivity contribution in [3.05, 3.63) is 34.9 Å². The Labute approximate surface area is 112 Å². The maximum Gasteiger partial charge on any atom is 0.171 e. The van der Waals surface area contributed by atoms with Crippen molar-refractivity contribution in [2.24, 2.45) is 5.92 Å². The minimum atomic E-state index is -0.403. The molecule has 19 heavy (non-hydrogen) atoms. The minimum Gasteiger partial charge on any atom is -0.299 e. The molecule has 0 spiro atoms. The van der Waals surface area contributed by atoms with E-state index in [1.807, 2.05) is 26.0 Å². The number of hydrogen-bond donors (Lipinski definition) is 0. The summed E-state index contributed by atoms with van der Waals surface area (Å²) in [4.78, 5) is 23.6. The Morgan fingerprint density at radius 3 is 2.42 bits per heavy atom. The molecular weight excluding hydrogens is 240 g/mol. The number of carbonyl (C=O) groups is 2. The first kappa shape index (κ1) is 14.6. The van der Waals surface area contributed by atoms with E-state index in [0.717, 1.165) is 0 Å². The van der Waals surface area contributed by atoms with E-state index in [1.54, 1.807) is 6.07 Å². The van der Waals surface area contributed by atoms with E-state index < -0.39 is 5.78 Å². The molecule has 0 heterocycles. The van der Waals surface area contributed by atoms with Gasteiger partial charge in [0.2, 0.25) is 0 Å². The van der Waals surface area contributed by atoms with E-state index in [2.05, 4.69) is 0 Å². The summed E-state index contributed by atoms with van der Waals surface area (Å²) in [5.41, 5.74) is 0.357. The molecule has 0 saturated heterocycles. The number of benzene rings is 1. The first-order valence-electron chi connectivity index (χ1n) is 5.97. The van der Waals surface area contributed by atoms with Crippen LogP contribution in [-0.4, -0.2) is 11.6 Å². The van der Waals surface area contributed by atoms with Crippen LogP contribution in [0, 0.1) is 28.6 Å². The van der Waals surface area contributed by atoms with Gasteiger partial charge in [-0.3, -0.25) is 9.59 Å². The van der Waals surface area contributed by atoms with Gasteiger partial charge in [0.15, 0.2) is 5.78 Å². The Balaban J connectivity index is 2.99. The van der Waals surface area contributed by atoms with Crippen LogP contribution in [0.4, 0.5) is 0 Å². The second-order valence-electron chi connectivity index (χ2n) is 4.69. The third-order valence-corrected chi connectivity index (χ3v) is 2.59. The van der Waals surface area contributed by atoms with Gasteiger partial charge < -0.3 is 0 Å². The topological polar surface area (TPSA) is 81.7 Å². The molecule has 0 atom stereocenters. The van der Waals surface area contributed by atoms with Gasteiger partial charge in [-0.25, -0.2) is 0 Å². The number of rotatable bonds is 5. The van der Waals surface area contributed by atoms with Crippen molar-refractivity contribution >= 4 is 11.6 Å². The smallest absolute Gasteiger partial charge is 0.171 e. The number of hydrogen-bond acceptors (Lipinski definition) is 4. The van der Waals surface area contributed by atoms with Crippen LogP contribution >= 0.6 is 0 Å². The van der Waals surface area contributed by atoms with Crippen molar-refractivity contribution < 1.29 is 9.59 Å². The number of nitriles is 2. The quantitative estimate of drug-likeness (QED) is 0.597. The molecule has 0 aliphatic rings. The van der Waals surface area contributed by atoms with Crippen LogP contribution < -0.4 is 0 Å². The number of nitrogens with zero attached hydrogens (tertiary/aromatic N) is 2. The molecule has 0 amide bonds. The normalized spacial score (nSPS) is 9.74. The average molecular weight is 254 g/mol. The zero-order valence-electron chi connectivity index (χ0n) is 10.9. The fourth-order valence-corrected chi connectivity index (χ4v) is 1.80. The predicted molar refractivity (Wildman–Crippen MR) is 69.3 cm³/mol. The van der Waals surface area contributed by atoms with E-state index in [-0.39, 0.29) is 34.8 Å². The standard InChI is InChI=1S/C15H14N2O2/c1-10(2)6-12(18)7-15(19)13-5-3-4-11(8-16)14(13)9-17/h3-5,10H,6-7H2,1-2H3. The molecule has 1 aromatic rings. The lowest BCUT2D eigenvalue weighted by molar-refractivity contribution is -0.118. The third-order valence-electron chi connectivity index (χ3n) is 2.59. The highest BCUT2D eigenvalue weighted by molar-refractivity contribution is 6.09. The van der Waals surface area contributed by atoms with Crippen molar-refractivity contribution in [2.45, 2.75) is 26.7 Å². The Kier molecular flexibility index (Phi) is 4.97. The molecule has 0 radical (unpaired) electrons. The van der Waals surface area contributed by atoms with Gasteiger partial charge >= 0.3 is 0 Å². The zero-order chi connectivity index (χ0) is 14.4. The SMILES string of the molecule is CC(C)CC(=O)CC(=O)c1cccc(C#N)c1C#N. The lowest BCUT2D eigenvalue weighted by Gasteiger charge is -2.05. The average Bonchev–Trinajstić information content (AvgIpc) is 2.36. The van der Waals surface area contributed by atoms with Crippen LogP contribution in [0.25, 0.3) is 0 Å². The van der Waals surface area contributed by atoms with Crippen molar-refractivity contribution in [3.63, 3.8) is 0 Å². The Morgan fingerprint density at radius 1 is 1.21 bits per heavy atom. The maximum absolute atomic E-state index is 12.0. The van der Waals surface area contributed by atoms with Crippen molar-refractivity contribution in [3.8, 4) is 12.1 Å². The molecule has 0 aromatic heterocycles. The van der Waals surface area contributed by atoms with Gasteiger partial charge in [0.1, 0.15) is 17.9 Å². The highest BCUT2D eigenvalue weighted by Crippen LogP contribution is 2.16. The lowest BCUT2D eigenvalue weighted by Crippen LogP contribution is -2.12. The number of Topliss-reactive ketones (excluding diaryl/α,β-unsaturated/α-hetero) is 2. The van der Waals surface area contributed by atoms with Crippen LogP contribution in [0.2, 0.25) is 0 Å². The van der Waals surface area contributed by atoms with Gasteiger partial charge in [-0.05, 0) is 18.1 Å². The maximum atomic E-state index is 12.0. The van der Waals surface area contributed by atoms with Gasteiger partial charge in [0.05, 0.1) is 17.5 Å². The fraction of sp³-hybridized carbons (Fsp3) is 0.333. The Hall–Kier alpha value is -2.46. The lowest BCUT2D eigenvalue weighted by atomic mass is 9.95. The van der Waals surface area contributed by atoms with E-state index in [0.29, 0.717) is 6.42 Å². The molecule has 0 aliphatic carbocycles. The van der Waals surface area contributed by atoms with Crippen molar-refractivity contribution in [2.75, 3.05) is 0 Å². The Morgan fingerprint density at radius 2 is 1.89 bits per heavy atom. The fourth-order valence-electron chi connectivity index (χ4n) is 1.80. The van der Waals surface area contributed by atoms with Gasteiger partial charge in [-0.1, -0.05) is 19.9 Å². The molecule has 0 saturated carbocycles. The second kappa shape index (κ2) is 6.47. The summed E-state index contributed by atoms with van der Waals surface area (Å²) in [7, 11) is 0. The van der Waals surface area contributed by atoms with Gasteiger partial charge in [0.25, 0.3) is 0 Å². The molecule has 1 rings (SSSR count). The summed E-state index contributed by atoms with van der Waals surface area (Å²) < 4.78 is 0. The molecule has 0 fully saturated rings. The molecule has 0 aliphatic heterocycles. The second-order valence-corrected chi connectivity index (χ2v) is 4.69. The van der Waals surface area contributed by atoms with Crippen LogP contribution in [0.1, 0.15) is 48.2 Å². The highest BCUT2D eigenvalue weighted by Gasteiger charge is 2.18. The summed E-state index contributed by atoms with van der Waals surface area (Å²) in [6, 6.07) is 8.22. The van der Waals surface area contributed by atoms with Crippen LogP contribution in [0.15, 0.2) is 18.2 Å². The van der Waals surface area contributed by atoms with Crippen LogP contribution in [-0.2, 0) is 4.79 Å². The van der Waals surface area contributed by atoms with Crippen molar-refractivity contribution in [1.82, 2.24) is 0 Å². The first-order chi connectivity index (χ1) is 8.99. The van der Waals surface area contributed by atoms with Crippen LogP contribution in [0.5, 0.6) is 0 Å². The summed E-state index contributed by atoms with van der Waals surface area (Å²) in [6.07, 6.45) is 0.118. The largest absolute Gasteiger partial charge is 0.299 e. The molecule has 4 nitrogen and oxygen atoms in total. The molecule has 0 unspecified atom stereocenters. The third kappa shape index (κ3) is 3.76.